The standard InChI is InChI=1S/C12H10NO/c1-9(14)8-11-7-6-10-4-2-3-5-12(10)13-11/h2-5,7H,8H2,1H3. The van der Waals surface area contributed by atoms with E-state index in [9.17, 15) is 4.79 Å². The van der Waals surface area contributed by atoms with Crippen LogP contribution < -0.4 is 0 Å². The lowest BCUT2D eigenvalue weighted by Crippen LogP contribution is -1.98. The fourth-order valence-corrected chi connectivity index (χ4v) is 1.39. The van der Waals surface area contributed by atoms with Gasteiger partial charge in [-0.2, -0.15) is 0 Å². The highest BCUT2D eigenvalue weighted by atomic mass is 16.1. The average molecular weight is 184 g/mol. The third-order valence-corrected chi connectivity index (χ3v) is 1.99. The summed E-state index contributed by atoms with van der Waals surface area (Å²) in [6, 6.07) is 12.7. The Balaban J connectivity index is 2.46. The summed E-state index contributed by atoms with van der Waals surface area (Å²) >= 11 is 0. The molecule has 2 heteroatoms. The summed E-state index contributed by atoms with van der Waals surface area (Å²) in [6.07, 6.45) is 0.390. The largest absolute Gasteiger partial charge is 0.300 e. The highest BCUT2D eigenvalue weighted by molar-refractivity contribution is 5.80. The number of aromatic nitrogens is 1. The van der Waals surface area contributed by atoms with Crippen LogP contribution >= 0.6 is 0 Å². The number of pyridine rings is 1. The van der Waals surface area contributed by atoms with E-state index in [0.717, 1.165) is 16.6 Å². The second-order valence-corrected chi connectivity index (χ2v) is 3.29. The highest BCUT2D eigenvalue weighted by Crippen LogP contribution is 2.11. The molecule has 0 aliphatic rings. The van der Waals surface area contributed by atoms with Gasteiger partial charge < -0.3 is 0 Å². The molecular formula is C12H10NO. The molecule has 1 heterocycles. The first-order chi connectivity index (χ1) is 6.75. The number of carbonyl (C=O) groups excluding carboxylic acids is 1. The zero-order valence-corrected chi connectivity index (χ0v) is 7.95. The predicted molar refractivity (Wildman–Crippen MR) is 55.0 cm³/mol. The number of ketones is 1. The minimum absolute atomic E-state index is 0.126. The number of fused-ring (bicyclic) bond motifs is 1. The molecular weight excluding hydrogens is 174 g/mol. The first-order valence-electron chi connectivity index (χ1n) is 4.51. The Labute approximate surface area is 82.6 Å². The van der Waals surface area contributed by atoms with Gasteiger partial charge >= 0.3 is 0 Å². The molecule has 14 heavy (non-hydrogen) atoms. The Hall–Kier alpha value is -1.70. The third-order valence-electron chi connectivity index (χ3n) is 1.99. The molecule has 0 atom stereocenters. The van der Waals surface area contributed by atoms with E-state index < -0.39 is 0 Å². The van der Waals surface area contributed by atoms with E-state index in [2.05, 4.69) is 11.1 Å². The Morgan fingerprint density at radius 2 is 2.21 bits per heavy atom. The Morgan fingerprint density at radius 1 is 1.43 bits per heavy atom. The topological polar surface area (TPSA) is 30.0 Å². The molecule has 1 aromatic carbocycles. The van der Waals surface area contributed by atoms with E-state index in [0.29, 0.717) is 6.42 Å². The van der Waals surface area contributed by atoms with Crippen molar-refractivity contribution in [2.24, 2.45) is 0 Å². The van der Waals surface area contributed by atoms with E-state index in [1.54, 1.807) is 13.0 Å². The zero-order chi connectivity index (χ0) is 9.97. The van der Waals surface area contributed by atoms with Crippen LogP contribution in [0.3, 0.4) is 0 Å². The van der Waals surface area contributed by atoms with E-state index in [1.807, 2.05) is 24.3 Å². The van der Waals surface area contributed by atoms with Crippen LogP contribution in [0.15, 0.2) is 30.3 Å². The van der Waals surface area contributed by atoms with Gasteiger partial charge in [-0.3, -0.25) is 9.78 Å². The van der Waals surface area contributed by atoms with Crippen LogP contribution in [-0.4, -0.2) is 10.8 Å². The lowest BCUT2D eigenvalue weighted by Gasteiger charge is -1.99. The first kappa shape index (κ1) is 8.88. The number of rotatable bonds is 2. The van der Waals surface area contributed by atoms with Gasteiger partial charge in [-0.1, -0.05) is 18.2 Å². The van der Waals surface area contributed by atoms with E-state index in [4.69, 9.17) is 0 Å². The highest BCUT2D eigenvalue weighted by Gasteiger charge is 2.00. The minimum Gasteiger partial charge on any atom is -0.300 e. The number of para-hydroxylation sites is 1. The van der Waals surface area contributed by atoms with Crippen LogP contribution in [0.2, 0.25) is 0 Å². The molecule has 0 unspecified atom stereocenters. The summed E-state index contributed by atoms with van der Waals surface area (Å²) in [5.74, 6) is 0.126. The summed E-state index contributed by atoms with van der Waals surface area (Å²) in [4.78, 5) is 15.3. The van der Waals surface area contributed by atoms with Gasteiger partial charge in [0.25, 0.3) is 0 Å². The van der Waals surface area contributed by atoms with Gasteiger partial charge in [0.2, 0.25) is 0 Å². The van der Waals surface area contributed by atoms with Crippen LogP contribution in [0.25, 0.3) is 10.9 Å². The minimum atomic E-state index is 0.126. The van der Waals surface area contributed by atoms with Gasteiger partial charge in [0.05, 0.1) is 5.52 Å². The van der Waals surface area contributed by atoms with Crippen molar-refractivity contribution in [1.29, 1.82) is 0 Å². The zero-order valence-electron chi connectivity index (χ0n) is 7.95. The number of benzene rings is 1. The van der Waals surface area contributed by atoms with Crippen molar-refractivity contribution in [2.75, 3.05) is 0 Å². The van der Waals surface area contributed by atoms with Crippen molar-refractivity contribution < 1.29 is 4.79 Å². The Morgan fingerprint density at radius 3 is 3.00 bits per heavy atom. The van der Waals surface area contributed by atoms with Gasteiger partial charge in [0.1, 0.15) is 5.78 Å². The Bertz CT molecular complexity index is 476. The van der Waals surface area contributed by atoms with Gasteiger partial charge in [0.15, 0.2) is 0 Å². The maximum atomic E-state index is 10.9. The van der Waals surface area contributed by atoms with Crippen molar-refractivity contribution >= 4 is 16.7 Å². The van der Waals surface area contributed by atoms with E-state index in [1.165, 1.54) is 0 Å². The van der Waals surface area contributed by atoms with Gasteiger partial charge in [-0.15, -0.1) is 0 Å². The van der Waals surface area contributed by atoms with Crippen molar-refractivity contribution in [1.82, 2.24) is 4.98 Å². The van der Waals surface area contributed by atoms with Gasteiger partial charge in [-0.05, 0) is 25.1 Å². The molecule has 0 aliphatic heterocycles. The fourth-order valence-electron chi connectivity index (χ4n) is 1.39. The van der Waals surface area contributed by atoms with Crippen LogP contribution in [0.1, 0.15) is 12.6 Å². The molecule has 2 nitrogen and oxygen atoms in total. The fraction of sp³-hybridized carbons (Fsp3) is 0.167. The number of Topliss-reactive ketones (excluding diaryl/α,β-unsaturated/α-hetero) is 1. The molecule has 1 radical (unpaired) electrons. The second-order valence-electron chi connectivity index (χ2n) is 3.29. The normalized spacial score (nSPS) is 10.4. The predicted octanol–water partition coefficient (Wildman–Crippen LogP) is 2.17. The molecule has 69 valence electrons. The van der Waals surface area contributed by atoms with Crippen LogP contribution in [-0.2, 0) is 11.2 Å². The van der Waals surface area contributed by atoms with Gasteiger partial charge in [-0.25, -0.2) is 0 Å². The summed E-state index contributed by atoms with van der Waals surface area (Å²) in [6.45, 7) is 1.57. The Kier molecular flexibility index (Phi) is 2.27. The number of hydrogen-bond acceptors (Lipinski definition) is 2. The van der Waals surface area contributed by atoms with Crippen molar-refractivity contribution in [3.63, 3.8) is 0 Å². The quantitative estimate of drug-likeness (QED) is 0.716. The SMILES string of the molecule is CC(=O)Cc1c[c]c2ccccc2n1. The van der Waals surface area contributed by atoms with E-state index >= 15 is 0 Å². The van der Waals surface area contributed by atoms with Crippen LogP contribution in [0, 0.1) is 6.07 Å². The molecule has 0 aliphatic carbocycles. The molecule has 0 saturated carbocycles. The molecule has 2 aromatic rings. The second kappa shape index (κ2) is 3.58. The molecule has 0 spiro atoms. The molecule has 2 rings (SSSR count). The molecule has 0 fully saturated rings. The maximum Gasteiger partial charge on any atom is 0.135 e. The summed E-state index contributed by atoms with van der Waals surface area (Å²) < 4.78 is 0. The first-order valence-corrected chi connectivity index (χ1v) is 4.51. The number of nitrogens with zero attached hydrogens (tertiary/aromatic N) is 1. The molecule has 0 bridgehead atoms. The number of carbonyl (C=O) groups is 1. The van der Waals surface area contributed by atoms with E-state index in [-0.39, 0.29) is 5.78 Å². The summed E-state index contributed by atoms with van der Waals surface area (Å²) in [5, 5.41) is 0.986. The summed E-state index contributed by atoms with van der Waals surface area (Å²) in [7, 11) is 0. The lowest BCUT2D eigenvalue weighted by molar-refractivity contribution is -0.116. The summed E-state index contributed by atoms with van der Waals surface area (Å²) in [5.41, 5.74) is 1.68. The van der Waals surface area contributed by atoms with Crippen LogP contribution in [0.4, 0.5) is 0 Å². The van der Waals surface area contributed by atoms with Gasteiger partial charge in [0, 0.05) is 17.5 Å². The molecule has 0 saturated heterocycles. The van der Waals surface area contributed by atoms with Crippen molar-refractivity contribution in [2.45, 2.75) is 13.3 Å². The monoisotopic (exact) mass is 184 g/mol. The number of hydrogen-bond donors (Lipinski definition) is 0. The van der Waals surface area contributed by atoms with Crippen molar-refractivity contribution in [3.05, 3.63) is 42.1 Å². The third kappa shape index (κ3) is 1.79. The molecule has 0 amide bonds. The van der Waals surface area contributed by atoms with Crippen LogP contribution in [0.5, 0.6) is 0 Å². The van der Waals surface area contributed by atoms with Crippen molar-refractivity contribution in [3.8, 4) is 0 Å². The average Bonchev–Trinajstić information content (AvgIpc) is 2.17. The lowest BCUT2D eigenvalue weighted by atomic mass is 10.1. The molecule has 0 N–H and O–H groups in total. The molecule has 1 aromatic heterocycles. The maximum absolute atomic E-state index is 10.9. The smallest absolute Gasteiger partial charge is 0.135 e.